The van der Waals surface area contributed by atoms with Gasteiger partial charge in [0.05, 0.1) is 12.9 Å². The summed E-state index contributed by atoms with van der Waals surface area (Å²) >= 11 is 0. The predicted molar refractivity (Wildman–Crippen MR) is 145 cm³/mol. The molecule has 0 fully saturated rings. The molecule has 5 rings (SSSR count). The third-order valence-electron chi connectivity index (χ3n) is 6.37. The highest BCUT2D eigenvalue weighted by molar-refractivity contribution is 6.07. The van der Waals surface area contributed by atoms with Gasteiger partial charge in [-0.25, -0.2) is 0 Å². The minimum atomic E-state index is -0.168. The number of carbonyl (C=O) groups excluding carboxylic acids is 1. The highest BCUT2D eigenvalue weighted by Crippen LogP contribution is 2.42. The number of aryl methyl sites for hydroxylation is 1. The van der Waals surface area contributed by atoms with Crippen molar-refractivity contribution in [3.05, 3.63) is 102 Å². The fourth-order valence-corrected chi connectivity index (χ4v) is 4.63. The van der Waals surface area contributed by atoms with Gasteiger partial charge in [0.1, 0.15) is 11.3 Å². The normalized spacial score (nSPS) is 11.7. The second-order valence-corrected chi connectivity index (χ2v) is 8.77. The van der Waals surface area contributed by atoms with Crippen molar-refractivity contribution in [1.82, 2.24) is 10.3 Å². The van der Waals surface area contributed by atoms with Crippen molar-refractivity contribution in [2.75, 3.05) is 6.61 Å². The lowest BCUT2D eigenvalue weighted by Crippen LogP contribution is -2.20. The van der Waals surface area contributed by atoms with Gasteiger partial charge < -0.3 is 14.5 Å². The SMILES string of the molecule is CCOc1c(/C(C)=C/C(=O)NCc2cccnc2)cc2c(-c3cccc4ccccc34)coc2c1C. The van der Waals surface area contributed by atoms with Crippen LogP contribution in [0.4, 0.5) is 0 Å². The van der Waals surface area contributed by atoms with E-state index in [4.69, 9.17) is 9.15 Å². The number of nitrogens with zero attached hydrogens (tertiary/aromatic N) is 1. The van der Waals surface area contributed by atoms with Crippen LogP contribution in [0.3, 0.4) is 0 Å². The number of nitrogens with one attached hydrogen (secondary N) is 1. The summed E-state index contributed by atoms with van der Waals surface area (Å²) in [5, 5.41) is 6.27. The molecular formula is C31H28N2O3. The molecule has 36 heavy (non-hydrogen) atoms. The van der Waals surface area contributed by atoms with E-state index in [2.05, 4.69) is 52.8 Å². The topological polar surface area (TPSA) is 64.4 Å². The number of fused-ring (bicyclic) bond motifs is 2. The lowest BCUT2D eigenvalue weighted by molar-refractivity contribution is -0.116. The molecule has 0 radical (unpaired) electrons. The van der Waals surface area contributed by atoms with Crippen molar-refractivity contribution in [1.29, 1.82) is 0 Å². The Labute approximate surface area is 210 Å². The molecule has 5 nitrogen and oxygen atoms in total. The van der Waals surface area contributed by atoms with Crippen LogP contribution in [0.25, 0.3) is 38.4 Å². The highest BCUT2D eigenvalue weighted by Gasteiger charge is 2.20. The van der Waals surface area contributed by atoms with Crippen LogP contribution in [0.1, 0.15) is 30.5 Å². The summed E-state index contributed by atoms with van der Waals surface area (Å²) in [6, 6.07) is 20.5. The third kappa shape index (κ3) is 4.48. The Morgan fingerprint density at radius 3 is 2.69 bits per heavy atom. The molecule has 0 saturated heterocycles. The fourth-order valence-electron chi connectivity index (χ4n) is 4.63. The number of benzene rings is 3. The number of furan rings is 1. The van der Waals surface area contributed by atoms with E-state index >= 15 is 0 Å². The van der Waals surface area contributed by atoms with E-state index in [1.165, 1.54) is 5.39 Å². The first-order valence-electron chi connectivity index (χ1n) is 12.1. The summed E-state index contributed by atoms with van der Waals surface area (Å²) in [5.74, 6) is 0.565. The average Bonchev–Trinajstić information content (AvgIpc) is 3.33. The van der Waals surface area contributed by atoms with Gasteiger partial charge >= 0.3 is 0 Å². The maximum absolute atomic E-state index is 12.7. The standard InChI is InChI=1S/C31H28N2O3/c1-4-35-30-21(3)31-27(28(19-36-31)25-13-7-11-23-10-5-6-12-24(23)25)16-26(30)20(2)15-29(34)33-18-22-9-8-14-32-17-22/h5-17,19H,4,18H2,1-3H3,(H,33,34)/b20-15+. The fraction of sp³-hybridized carbons (Fsp3) is 0.161. The number of ether oxygens (including phenoxy) is 1. The van der Waals surface area contributed by atoms with Gasteiger partial charge in [0.2, 0.25) is 5.91 Å². The van der Waals surface area contributed by atoms with E-state index in [9.17, 15) is 4.79 Å². The quantitative estimate of drug-likeness (QED) is 0.255. The number of carbonyl (C=O) groups is 1. The first-order chi connectivity index (χ1) is 17.6. The molecule has 1 N–H and O–H groups in total. The lowest BCUT2D eigenvalue weighted by Gasteiger charge is -2.15. The van der Waals surface area contributed by atoms with E-state index < -0.39 is 0 Å². The number of aromatic nitrogens is 1. The van der Waals surface area contributed by atoms with Crippen molar-refractivity contribution < 1.29 is 13.9 Å². The average molecular weight is 477 g/mol. The van der Waals surface area contributed by atoms with Crippen LogP contribution in [0.15, 0.2) is 89.8 Å². The van der Waals surface area contributed by atoms with E-state index in [-0.39, 0.29) is 5.91 Å². The molecule has 0 atom stereocenters. The first kappa shape index (κ1) is 23.4. The van der Waals surface area contributed by atoms with Gasteiger partial charge in [-0.1, -0.05) is 48.5 Å². The molecular weight excluding hydrogens is 448 g/mol. The number of hydrogen-bond acceptors (Lipinski definition) is 4. The number of pyridine rings is 1. The predicted octanol–water partition coefficient (Wildman–Crippen LogP) is 7.07. The smallest absolute Gasteiger partial charge is 0.244 e. The Balaban J connectivity index is 1.58. The largest absolute Gasteiger partial charge is 0.493 e. The lowest BCUT2D eigenvalue weighted by atomic mass is 9.94. The van der Waals surface area contributed by atoms with Gasteiger partial charge in [0.25, 0.3) is 0 Å². The molecule has 5 heteroatoms. The zero-order valence-electron chi connectivity index (χ0n) is 20.7. The van der Waals surface area contributed by atoms with Crippen molar-refractivity contribution >= 4 is 33.2 Å². The van der Waals surface area contributed by atoms with Crippen LogP contribution in [0.5, 0.6) is 5.75 Å². The number of hydrogen-bond donors (Lipinski definition) is 1. The highest BCUT2D eigenvalue weighted by atomic mass is 16.5. The minimum absolute atomic E-state index is 0.168. The number of rotatable bonds is 7. The third-order valence-corrected chi connectivity index (χ3v) is 6.37. The first-order valence-corrected chi connectivity index (χ1v) is 12.1. The van der Waals surface area contributed by atoms with E-state index in [0.29, 0.717) is 13.2 Å². The van der Waals surface area contributed by atoms with Gasteiger partial charge in [-0.05, 0) is 60.4 Å². The maximum Gasteiger partial charge on any atom is 0.244 e. The summed E-state index contributed by atoms with van der Waals surface area (Å²) in [4.78, 5) is 16.8. The van der Waals surface area contributed by atoms with Crippen molar-refractivity contribution in [3.8, 4) is 16.9 Å². The molecule has 0 aliphatic carbocycles. The molecule has 0 unspecified atom stereocenters. The van der Waals surface area contributed by atoms with Crippen LogP contribution in [0, 0.1) is 6.92 Å². The molecule has 2 aromatic heterocycles. The van der Waals surface area contributed by atoms with E-state index in [0.717, 1.165) is 55.5 Å². The summed E-state index contributed by atoms with van der Waals surface area (Å²) in [6.07, 6.45) is 6.90. The van der Waals surface area contributed by atoms with Crippen LogP contribution in [0.2, 0.25) is 0 Å². The van der Waals surface area contributed by atoms with Crippen LogP contribution in [-0.4, -0.2) is 17.5 Å². The van der Waals surface area contributed by atoms with Gasteiger partial charge in [-0.15, -0.1) is 0 Å². The molecule has 180 valence electrons. The molecule has 1 amide bonds. The number of allylic oxidation sites excluding steroid dienone is 1. The van der Waals surface area contributed by atoms with E-state index in [1.807, 2.05) is 45.2 Å². The van der Waals surface area contributed by atoms with Crippen LogP contribution < -0.4 is 10.1 Å². The van der Waals surface area contributed by atoms with Crippen molar-refractivity contribution in [3.63, 3.8) is 0 Å². The molecule has 2 heterocycles. The molecule has 0 saturated carbocycles. The second kappa shape index (κ2) is 10.1. The Kier molecular flexibility index (Phi) is 6.54. The van der Waals surface area contributed by atoms with Gasteiger partial charge in [0, 0.05) is 47.1 Å². The maximum atomic E-state index is 12.7. The number of amides is 1. The van der Waals surface area contributed by atoms with E-state index in [1.54, 1.807) is 18.5 Å². The molecule has 3 aromatic carbocycles. The molecule has 0 bridgehead atoms. The minimum Gasteiger partial charge on any atom is -0.493 e. The summed E-state index contributed by atoms with van der Waals surface area (Å²) in [6.45, 7) is 6.82. The Morgan fingerprint density at radius 1 is 1.06 bits per heavy atom. The summed E-state index contributed by atoms with van der Waals surface area (Å²) < 4.78 is 12.1. The molecule has 0 aliphatic heterocycles. The van der Waals surface area contributed by atoms with Crippen molar-refractivity contribution in [2.45, 2.75) is 27.3 Å². The Bertz CT molecular complexity index is 1580. The monoisotopic (exact) mass is 476 g/mol. The molecule has 0 aliphatic rings. The summed E-state index contributed by atoms with van der Waals surface area (Å²) in [5.41, 5.74) is 6.47. The summed E-state index contributed by atoms with van der Waals surface area (Å²) in [7, 11) is 0. The van der Waals surface area contributed by atoms with Crippen LogP contribution in [-0.2, 0) is 11.3 Å². The van der Waals surface area contributed by atoms with Crippen molar-refractivity contribution in [2.24, 2.45) is 0 Å². The zero-order chi connectivity index (χ0) is 25.1. The second-order valence-electron chi connectivity index (χ2n) is 8.77. The van der Waals surface area contributed by atoms with Gasteiger partial charge in [0.15, 0.2) is 0 Å². The Morgan fingerprint density at radius 2 is 1.89 bits per heavy atom. The Hall–Kier alpha value is -4.38. The zero-order valence-corrected chi connectivity index (χ0v) is 20.7. The molecule has 0 spiro atoms. The van der Waals surface area contributed by atoms with Gasteiger partial charge in [-0.3, -0.25) is 9.78 Å². The van der Waals surface area contributed by atoms with Crippen LogP contribution >= 0.6 is 0 Å². The van der Waals surface area contributed by atoms with Gasteiger partial charge in [-0.2, -0.15) is 0 Å². The molecule has 5 aromatic rings.